The summed E-state index contributed by atoms with van der Waals surface area (Å²) in [6, 6.07) is 0.617. The van der Waals surface area contributed by atoms with Crippen molar-refractivity contribution in [1.82, 2.24) is 4.98 Å². The van der Waals surface area contributed by atoms with Gasteiger partial charge in [-0.25, -0.2) is 4.98 Å². The molecular formula is C14H24N2O2S. The van der Waals surface area contributed by atoms with Gasteiger partial charge in [-0.1, -0.05) is 30.6 Å². The number of rotatable bonds is 6. The van der Waals surface area contributed by atoms with E-state index in [2.05, 4.69) is 16.8 Å². The third-order valence-electron chi connectivity index (χ3n) is 3.79. The standard InChI is InChI=1S/C14H24N2O2S/c1-3-16(11-7-5-4-6-8-11)14-15-12(10-18-2)13(9-17)19-14/h11,17H,3-10H2,1-2H3. The average Bonchev–Trinajstić information content (AvgIpc) is 2.84. The molecule has 0 radical (unpaired) electrons. The Kier molecular flexibility index (Phi) is 5.60. The molecule has 0 bridgehead atoms. The summed E-state index contributed by atoms with van der Waals surface area (Å²) in [6.07, 6.45) is 6.54. The highest BCUT2D eigenvalue weighted by molar-refractivity contribution is 7.15. The summed E-state index contributed by atoms with van der Waals surface area (Å²) in [6.45, 7) is 3.70. The van der Waals surface area contributed by atoms with Crippen molar-refractivity contribution in [2.24, 2.45) is 0 Å². The van der Waals surface area contributed by atoms with Gasteiger partial charge in [0.25, 0.3) is 0 Å². The van der Waals surface area contributed by atoms with E-state index in [4.69, 9.17) is 4.74 Å². The maximum Gasteiger partial charge on any atom is 0.186 e. The van der Waals surface area contributed by atoms with E-state index in [1.165, 1.54) is 32.1 Å². The van der Waals surface area contributed by atoms with Crippen LogP contribution >= 0.6 is 11.3 Å². The van der Waals surface area contributed by atoms with Crippen LogP contribution in [0.25, 0.3) is 0 Å². The molecule has 108 valence electrons. The van der Waals surface area contributed by atoms with E-state index in [1.807, 2.05) is 0 Å². The largest absolute Gasteiger partial charge is 0.391 e. The Labute approximate surface area is 119 Å². The minimum atomic E-state index is 0.0541. The molecule has 0 atom stereocenters. The number of aromatic nitrogens is 1. The summed E-state index contributed by atoms with van der Waals surface area (Å²) in [5.41, 5.74) is 0.888. The predicted octanol–water partition coefficient (Wildman–Crippen LogP) is 2.94. The maximum absolute atomic E-state index is 9.42. The van der Waals surface area contributed by atoms with Gasteiger partial charge in [-0.2, -0.15) is 0 Å². The van der Waals surface area contributed by atoms with E-state index in [0.717, 1.165) is 22.2 Å². The van der Waals surface area contributed by atoms with E-state index in [9.17, 15) is 5.11 Å². The van der Waals surface area contributed by atoms with Crippen LogP contribution in [0.15, 0.2) is 0 Å². The summed E-state index contributed by atoms with van der Waals surface area (Å²) >= 11 is 1.61. The van der Waals surface area contributed by atoms with Crippen LogP contribution < -0.4 is 4.90 Å². The number of ether oxygens (including phenoxy) is 1. The average molecular weight is 284 g/mol. The fraction of sp³-hybridized carbons (Fsp3) is 0.786. The van der Waals surface area contributed by atoms with E-state index >= 15 is 0 Å². The first-order chi connectivity index (χ1) is 9.30. The Morgan fingerprint density at radius 3 is 2.68 bits per heavy atom. The molecule has 0 saturated heterocycles. The topological polar surface area (TPSA) is 45.6 Å². The minimum Gasteiger partial charge on any atom is -0.391 e. The molecule has 1 aromatic rings. The molecule has 1 N–H and O–H groups in total. The molecule has 1 heterocycles. The van der Waals surface area contributed by atoms with Crippen LogP contribution in [0, 0.1) is 0 Å². The maximum atomic E-state index is 9.42. The molecule has 0 spiro atoms. The van der Waals surface area contributed by atoms with Crippen molar-refractivity contribution < 1.29 is 9.84 Å². The summed E-state index contributed by atoms with van der Waals surface area (Å²) < 4.78 is 5.16. The number of aliphatic hydroxyl groups is 1. The molecular weight excluding hydrogens is 260 g/mol. The predicted molar refractivity (Wildman–Crippen MR) is 78.6 cm³/mol. The molecule has 0 aliphatic heterocycles. The van der Waals surface area contributed by atoms with Crippen LogP contribution in [0.2, 0.25) is 0 Å². The molecule has 1 aliphatic rings. The van der Waals surface area contributed by atoms with E-state index in [-0.39, 0.29) is 6.61 Å². The SMILES string of the molecule is CCN(c1nc(COC)c(CO)s1)C1CCCCC1. The number of nitrogens with zero attached hydrogens (tertiary/aromatic N) is 2. The third-order valence-corrected chi connectivity index (χ3v) is 4.91. The van der Waals surface area contributed by atoms with Crippen molar-refractivity contribution in [3.63, 3.8) is 0 Å². The Morgan fingerprint density at radius 1 is 1.37 bits per heavy atom. The van der Waals surface area contributed by atoms with Crippen molar-refractivity contribution in [3.05, 3.63) is 10.6 Å². The molecule has 1 aliphatic carbocycles. The summed E-state index contributed by atoms with van der Waals surface area (Å²) in [5, 5.41) is 10.5. The molecule has 0 unspecified atom stereocenters. The van der Waals surface area contributed by atoms with Crippen molar-refractivity contribution in [1.29, 1.82) is 0 Å². The number of hydrogen-bond acceptors (Lipinski definition) is 5. The van der Waals surface area contributed by atoms with E-state index < -0.39 is 0 Å². The first-order valence-corrected chi connectivity index (χ1v) is 7.96. The van der Waals surface area contributed by atoms with Crippen molar-refractivity contribution in [3.8, 4) is 0 Å². The van der Waals surface area contributed by atoms with Gasteiger partial charge in [0, 0.05) is 19.7 Å². The minimum absolute atomic E-state index is 0.0541. The van der Waals surface area contributed by atoms with Crippen molar-refractivity contribution >= 4 is 16.5 Å². The lowest BCUT2D eigenvalue weighted by Gasteiger charge is -2.33. The zero-order chi connectivity index (χ0) is 13.7. The van der Waals surface area contributed by atoms with Gasteiger partial charge in [-0.05, 0) is 19.8 Å². The van der Waals surface area contributed by atoms with Gasteiger partial charge < -0.3 is 14.7 Å². The van der Waals surface area contributed by atoms with E-state index in [0.29, 0.717) is 12.6 Å². The first kappa shape index (κ1) is 14.8. The second-order valence-corrected chi connectivity index (χ2v) is 6.10. The van der Waals surface area contributed by atoms with E-state index in [1.54, 1.807) is 18.4 Å². The molecule has 2 rings (SSSR count). The number of methoxy groups -OCH3 is 1. The van der Waals surface area contributed by atoms with Crippen LogP contribution in [0.1, 0.15) is 49.6 Å². The highest BCUT2D eigenvalue weighted by Gasteiger charge is 2.23. The Balaban J connectivity index is 2.17. The van der Waals surface area contributed by atoms with Gasteiger partial charge in [0.1, 0.15) is 0 Å². The molecule has 5 heteroatoms. The summed E-state index contributed by atoms with van der Waals surface area (Å²) in [7, 11) is 1.67. The summed E-state index contributed by atoms with van der Waals surface area (Å²) in [5.74, 6) is 0. The van der Waals surface area contributed by atoms with Crippen LogP contribution in [-0.2, 0) is 18.0 Å². The second kappa shape index (κ2) is 7.22. The van der Waals surface area contributed by atoms with Crippen molar-refractivity contribution in [2.75, 3.05) is 18.6 Å². The second-order valence-electron chi connectivity index (χ2n) is 5.04. The Hall–Kier alpha value is -0.650. The lowest BCUT2D eigenvalue weighted by Crippen LogP contribution is -2.36. The smallest absolute Gasteiger partial charge is 0.186 e. The molecule has 1 fully saturated rings. The Morgan fingerprint density at radius 2 is 2.11 bits per heavy atom. The lowest BCUT2D eigenvalue weighted by molar-refractivity contribution is 0.179. The van der Waals surface area contributed by atoms with Gasteiger partial charge in [0.2, 0.25) is 0 Å². The molecule has 0 amide bonds. The number of aliphatic hydroxyl groups excluding tert-OH is 1. The zero-order valence-corrected chi connectivity index (χ0v) is 12.7. The number of hydrogen-bond donors (Lipinski definition) is 1. The molecule has 19 heavy (non-hydrogen) atoms. The van der Waals surface area contributed by atoms with Crippen LogP contribution in [0.5, 0.6) is 0 Å². The lowest BCUT2D eigenvalue weighted by atomic mass is 9.94. The third kappa shape index (κ3) is 3.46. The van der Waals surface area contributed by atoms with Gasteiger partial charge >= 0.3 is 0 Å². The quantitative estimate of drug-likeness (QED) is 0.872. The highest BCUT2D eigenvalue weighted by Crippen LogP contribution is 2.32. The van der Waals surface area contributed by atoms with Gasteiger partial charge in [-0.15, -0.1) is 0 Å². The first-order valence-electron chi connectivity index (χ1n) is 7.15. The van der Waals surface area contributed by atoms with Crippen LogP contribution in [0.3, 0.4) is 0 Å². The van der Waals surface area contributed by atoms with Crippen LogP contribution in [0.4, 0.5) is 5.13 Å². The van der Waals surface area contributed by atoms with Gasteiger partial charge in [-0.3, -0.25) is 0 Å². The molecule has 4 nitrogen and oxygen atoms in total. The highest BCUT2D eigenvalue weighted by atomic mass is 32.1. The number of anilines is 1. The molecule has 1 aromatic heterocycles. The molecule has 1 saturated carbocycles. The fourth-order valence-electron chi connectivity index (χ4n) is 2.81. The van der Waals surface area contributed by atoms with Gasteiger partial charge in [0.15, 0.2) is 5.13 Å². The normalized spacial score (nSPS) is 16.8. The number of thiazole rings is 1. The van der Waals surface area contributed by atoms with Crippen LogP contribution in [-0.4, -0.2) is 29.8 Å². The zero-order valence-electron chi connectivity index (χ0n) is 11.9. The van der Waals surface area contributed by atoms with Gasteiger partial charge in [0.05, 0.1) is 23.8 Å². The van der Waals surface area contributed by atoms with Crippen molar-refractivity contribution in [2.45, 2.75) is 58.3 Å². The fourth-order valence-corrected chi connectivity index (χ4v) is 3.87. The summed E-state index contributed by atoms with van der Waals surface area (Å²) in [4.78, 5) is 8.02. The monoisotopic (exact) mass is 284 g/mol. The molecule has 0 aromatic carbocycles. The Bertz CT molecular complexity index is 389.